The van der Waals surface area contributed by atoms with Crippen molar-refractivity contribution in [1.82, 2.24) is 15.2 Å². The van der Waals surface area contributed by atoms with E-state index in [2.05, 4.69) is 34.7 Å². The number of aryl methyl sites for hydroxylation is 1. The average molecular weight is 430 g/mol. The van der Waals surface area contributed by atoms with E-state index in [1.54, 1.807) is 0 Å². The number of carbonyl (C=O) groups is 2. The van der Waals surface area contributed by atoms with Crippen molar-refractivity contribution in [3.63, 3.8) is 0 Å². The van der Waals surface area contributed by atoms with Crippen molar-refractivity contribution in [1.29, 1.82) is 0 Å². The third-order valence-electron chi connectivity index (χ3n) is 7.24. The first-order chi connectivity index (χ1) is 15.7. The van der Waals surface area contributed by atoms with Gasteiger partial charge in [0.2, 0.25) is 5.91 Å². The Morgan fingerprint density at radius 2 is 1.78 bits per heavy atom. The molecule has 2 N–H and O–H groups in total. The molecule has 2 fully saturated rings. The molecule has 2 amide bonds. The monoisotopic (exact) mass is 429 g/mol. The number of benzene rings is 2. The van der Waals surface area contributed by atoms with E-state index in [9.17, 15) is 9.59 Å². The van der Waals surface area contributed by atoms with E-state index in [0.717, 1.165) is 44.0 Å². The van der Waals surface area contributed by atoms with Gasteiger partial charge in [-0.25, -0.2) is 0 Å². The third-order valence-corrected chi connectivity index (χ3v) is 7.24. The van der Waals surface area contributed by atoms with Gasteiger partial charge in [0.05, 0.1) is 0 Å². The topological polar surface area (TPSA) is 65.2 Å². The van der Waals surface area contributed by atoms with Crippen LogP contribution in [0.5, 0.6) is 0 Å². The van der Waals surface area contributed by atoms with Crippen LogP contribution in [0, 0.1) is 5.92 Å². The van der Waals surface area contributed by atoms with Crippen LogP contribution < -0.4 is 5.32 Å². The predicted octanol–water partition coefficient (Wildman–Crippen LogP) is 4.69. The van der Waals surface area contributed by atoms with Gasteiger partial charge in [-0.3, -0.25) is 9.59 Å². The zero-order valence-electron chi connectivity index (χ0n) is 18.4. The van der Waals surface area contributed by atoms with E-state index in [1.807, 2.05) is 41.3 Å². The normalized spacial score (nSPS) is 22.6. The summed E-state index contributed by atoms with van der Waals surface area (Å²) in [7, 11) is 0. The van der Waals surface area contributed by atoms with Crippen LogP contribution >= 0.6 is 0 Å². The minimum absolute atomic E-state index is 0.000979. The summed E-state index contributed by atoms with van der Waals surface area (Å²) >= 11 is 0. The van der Waals surface area contributed by atoms with E-state index >= 15 is 0 Å². The summed E-state index contributed by atoms with van der Waals surface area (Å²) < 4.78 is 0. The molecule has 2 aromatic carbocycles. The van der Waals surface area contributed by atoms with Crippen molar-refractivity contribution < 1.29 is 9.59 Å². The third kappa shape index (κ3) is 4.04. The van der Waals surface area contributed by atoms with Crippen molar-refractivity contribution >= 4 is 22.7 Å². The first-order valence-corrected chi connectivity index (χ1v) is 11.9. The molecule has 0 spiro atoms. The van der Waals surface area contributed by atoms with Crippen LogP contribution in [-0.2, 0) is 11.2 Å². The van der Waals surface area contributed by atoms with Crippen molar-refractivity contribution in [2.75, 3.05) is 6.54 Å². The lowest BCUT2D eigenvalue weighted by Crippen LogP contribution is -2.49. The Morgan fingerprint density at radius 1 is 1.00 bits per heavy atom. The van der Waals surface area contributed by atoms with Gasteiger partial charge in [-0.1, -0.05) is 49.2 Å². The molecule has 1 aliphatic heterocycles. The number of aromatic nitrogens is 1. The first-order valence-electron chi connectivity index (χ1n) is 11.9. The molecule has 3 unspecified atom stereocenters. The molecule has 3 atom stereocenters. The summed E-state index contributed by atoms with van der Waals surface area (Å²) in [5.74, 6) is 0.444. The number of rotatable bonds is 6. The molecular weight excluding hydrogens is 398 g/mol. The Kier molecular flexibility index (Phi) is 5.97. The number of nitrogens with zero attached hydrogens (tertiary/aromatic N) is 1. The second-order valence-corrected chi connectivity index (χ2v) is 9.20. The Morgan fingerprint density at radius 3 is 2.66 bits per heavy atom. The second kappa shape index (κ2) is 9.19. The highest BCUT2D eigenvalue weighted by molar-refractivity contribution is 5.98. The highest BCUT2D eigenvalue weighted by atomic mass is 16.2. The van der Waals surface area contributed by atoms with Crippen molar-refractivity contribution in [2.24, 2.45) is 5.92 Å². The molecule has 2 heterocycles. The van der Waals surface area contributed by atoms with Crippen molar-refractivity contribution in [2.45, 2.75) is 57.0 Å². The Bertz CT molecular complexity index is 1090. The molecule has 1 aromatic heterocycles. The molecule has 5 nitrogen and oxygen atoms in total. The van der Waals surface area contributed by atoms with Gasteiger partial charge in [-0.05, 0) is 61.8 Å². The smallest absolute Gasteiger partial charge is 0.254 e. The Balaban J connectivity index is 1.23. The molecule has 2 aliphatic rings. The van der Waals surface area contributed by atoms with Gasteiger partial charge in [0.25, 0.3) is 5.91 Å². The number of fused-ring (bicyclic) bond motifs is 2. The number of carbonyl (C=O) groups excluding carboxylic acids is 2. The fourth-order valence-electron chi connectivity index (χ4n) is 5.66. The van der Waals surface area contributed by atoms with Gasteiger partial charge in [0.15, 0.2) is 0 Å². The number of likely N-dealkylation sites (tertiary alicyclic amines) is 1. The van der Waals surface area contributed by atoms with Crippen molar-refractivity contribution in [3.05, 3.63) is 71.9 Å². The molecule has 0 radical (unpaired) electrons. The maximum absolute atomic E-state index is 13.4. The molecule has 166 valence electrons. The van der Waals surface area contributed by atoms with E-state index in [-0.39, 0.29) is 23.9 Å². The SMILES string of the molecule is O=C(NCCCc1c[nH]c2ccccc12)C1CC2CCCCC2N1C(=O)c1ccccc1. The lowest BCUT2D eigenvalue weighted by Gasteiger charge is -2.33. The summed E-state index contributed by atoms with van der Waals surface area (Å²) in [5.41, 5.74) is 3.11. The lowest BCUT2D eigenvalue weighted by atomic mass is 9.84. The van der Waals surface area contributed by atoms with E-state index in [0.29, 0.717) is 18.0 Å². The minimum atomic E-state index is -0.358. The number of hydrogen-bond acceptors (Lipinski definition) is 2. The Hall–Kier alpha value is -3.08. The van der Waals surface area contributed by atoms with Crippen LogP contribution in [0.15, 0.2) is 60.8 Å². The highest BCUT2D eigenvalue weighted by Gasteiger charge is 2.47. The number of hydrogen-bond donors (Lipinski definition) is 2. The summed E-state index contributed by atoms with van der Waals surface area (Å²) in [6, 6.07) is 17.5. The van der Waals surface area contributed by atoms with Crippen LogP contribution in [0.25, 0.3) is 10.9 Å². The molecule has 5 rings (SSSR count). The van der Waals surface area contributed by atoms with Crippen LogP contribution in [0.2, 0.25) is 0 Å². The largest absolute Gasteiger partial charge is 0.361 e. The lowest BCUT2D eigenvalue weighted by molar-refractivity contribution is -0.125. The van der Waals surface area contributed by atoms with Crippen LogP contribution in [0.3, 0.4) is 0 Å². The first kappa shape index (κ1) is 20.8. The fraction of sp³-hybridized carbons (Fsp3) is 0.407. The number of amides is 2. The van der Waals surface area contributed by atoms with Gasteiger partial charge in [-0.15, -0.1) is 0 Å². The summed E-state index contributed by atoms with van der Waals surface area (Å²) in [5, 5.41) is 4.39. The molecule has 1 saturated carbocycles. The van der Waals surface area contributed by atoms with Crippen LogP contribution in [0.1, 0.15) is 54.4 Å². The average Bonchev–Trinajstić information content (AvgIpc) is 3.43. The zero-order valence-corrected chi connectivity index (χ0v) is 18.4. The van der Waals surface area contributed by atoms with E-state index in [4.69, 9.17) is 0 Å². The molecule has 32 heavy (non-hydrogen) atoms. The van der Waals surface area contributed by atoms with Crippen LogP contribution in [-0.4, -0.2) is 40.3 Å². The Labute approximate surface area is 189 Å². The molecular formula is C27H31N3O2. The fourth-order valence-corrected chi connectivity index (χ4v) is 5.66. The van der Waals surface area contributed by atoms with Gasteiger partial charge >= 0.3 is 0 Å². The van der Waals surface area contributed by atoms with Crippen molar-refractivity contribution in [3.8, 4) is 0 Å². The molecule has 1 aliphatic carbocycles. The summed E-state index contributed by atoms with van der Waals surface area (Å²) in [6.45, 7) is 0.623. The quantitative estimate of drug-likeness (QED) is 0.558. The van der Waals surface area contributed by atoms with Gasteiger partial charge < -0.3 is 15.2 Å². The van der Waals surface area contributed by atoms with E-state index < -0.39 is 0 Å². The molecule has 1 saturated heterocycles. The van der Waals surface area contributed by atoms with Crippen LogP contribution in [0.4, 0.5) is 0 Å². The molecule has 5 heteroatoms. The number of H-pyrrole nitrogens is 1. The number of nitrogens with one attached hydrogen (secondary N) is 2. The molecule has 3 aromatic rings. The van der Waals surface area contributed by atoms with Gasteiger partial charge in [0, 0.05) is 35.2 Å². The van der Waals surface area contributed by atoms with Gasteiger partial charge in [0.1, 0.15) is 6.04 Å². The number of aromatic amines is 1. The zero-order chi connectivity index (χ0) is 21.9. The van der Waals surface area contributed by atoms with E-state index in [1.165, 1.54) is 17.4 Å². The highest BCUT2D eigenvalue weighted by Crippen LogP contribution is 2.40. The standard InChI is InChI=1S/C27H31N3O2/c31-26(28-16-8-12-21-18-29-23-14-6-5-13-22(21)23)25-17-20-11-4-7-15-24(20)30(25)27(32)19-9-2-1-3-10-19/h1-3,5-6,9-10,13-14,18,20,24-25,29H,4,7-8,11-12,15-17H2,(H,28,31). The summed E-state index contributed by atoms with van der Waals surface area (Å²) in [4.78, 5) is 31.8. The maximum Gasteiger partial charge on any atom is 0.254 e. The maximum atomic E-state index is 13.4. The molecule has 0 bridgehead atoms. The minimum Gasteiger partial charge on any atom is -0.361 e. The summed E-state index contributed by atoms with van der Waals surface area (Å²) in [6.07, 6.45) is 9.10. The van der Waals surface area contributed by atoms with Gasteiger partial charge in [-0.2, -0.15) is 0 Å². The number of para-hydroxylation sites is 1. The second-order valence-electron chi connectivity index (χ2n) is 9.20. The predicted molar refractivity (Wildman–Crippen MR) is 126 cm³/mol.